The van der Waals surface area contributed by atoms with Gasteiger partial charge >= 0.3 is 5.97 Å². The molecule has 1 amide bonds. The second-order valence-electron chi connectivity index (χ2n) is 10.8. The first kappa shape index (κ1) is 24.3. The lowest BCUT2D eigenvalue weighted by Crippen LogP contribution is -2.38. The van der Waals surface area contributed by atoms with Gasteiger partial charge in [-0.05, 0) is 79.3 Å². The van der Waals surface area contributed by atoms with Crippen LogP contribution in [0.5, 0.6) is 0 Å². The number of hydrogen-bond donors (Lipinski definition) is 1. The Balaban J connectivity index is 1.21. The van der Waals surface area contributed by atoms with Crippen molar-refractivity contribution >= 4 is 34.7 Å². The van der Waals surface area contributed by atoms with E-state index in [0.717, 1.165) is 30.5 Å². The number of nitrogens with zero attached hydrogens (tertiary/aromatic N) is 5. The first-order valence-electron chi connectivity index (χ1n) is 13.4. The van der Waals surface area contributed by atoms with Crippen LogP contribution < -0.4 is 4.90 Å². The number of hydrogen-bond acceptors (Lipinski definition) is 6. The smallest absolute Gasteiger partial charge is 0.308 e. The number of aromatic nitrogens is 3. The Kier molecular flexibility index (Phi) is 5.69. The van der Waals surface area contributed by atoms with Crippen LogP contribution in [0.15, 0.2) is 42.0 Å². The van der Waals surface area contributed by atoms with Crippen LogP contribution in [0.1, 0.15) is 64.5 Å². The van der Waals surface area contributed by atoms with E-state index in [2.05, 4.69) is 23.4 Å². The second kappa shape index (κ2) is 9.15. The number of carboxylic acid groups (broad SMARTS) is 1. The van der Waals surface area contributed by atoms with Crippen LogP contribution in [0.4, 0.5) is 10.2 Å². The Bertz CT molecular complexity index is 1630. The molecule has 2 atom stereocenters. The quantitative estimate of drug-likeness (QED) is 0.349. The Morgan fingerprint density at radius 2 is 1.92 bits per heavy atom. The van der Waals surface area contributed by atoms with Crippen molar-refractivity contribution in [2.75, 3.05) is 24.5 Å². The minimum Gasteiger partial charge on any atom is -0.481 e. The summed E-state index contributed by atoms with van der Waals surface area (Å²) >= 11 is 1.75. The van der Waals surface area contributed by atoms with Gasteiger partial charge in [-0.2, -0.15) is 4.39 Å². The van der Waals surface area contributed by atoms with Gasteiger partial charge in [0.1, 0.15) is 11.5 Å². The molecular formula is C29H28FN5O3S. The fraction of sp³-hybridized carbons (Fsp3) is 0.379. The van der Waals surface area contributed by atoms with Gasteiger partial charge in [0.15, 0.2) is 0 Å². The van der Waals surface area contributed by atoms with E-state index in [4.69, 9.17) is 4.98 Å². The van der Waals surface area contributed by atoms with Gasteiger partial charge < -0.3 is 19.3 Å². The summed E-state index contributed by atoms with van der Waals surface area (Å²) in [6, 6.07) is 7.49. The van der Waals surface area contributed by atoms with Crippen molar-refractivity contribution in [1.29, 1.82) is 0 Å². The number of anilines is 1. The predicted octanol–water partition coefficient (Wildman–Crippen LogP) is 5.14. The topological polar surface area (TPSA) is 91.0 Å². The van der Waals surface area contributed by atoms with Crippen molar-refractivity contribution in [1.82, 2.24) is 19.3 Å². The third-order valence-corrected chi connectivity index (χ3v) is 9.35. The van der Waals surface area contributed by atoms with Crippen LogP contribution >= 0.6 is 11.3 Å². The summed E-state index contributed by atoms with van der Waals surface area (Å²) < 4.78 is 17.1. The number of amides is 1. The number of carboxylic acids is 1. The predicted molar refractivity (Wildman–Crippen MR) is 146 cm³/mol. The van der Waals surface area contributed by atoms with E-state index in [1.54, 1.807) is 34.6 Å². The summed E-state index contributed by atoms with van der Waals surface area (Å²) in [5, 5.41) is 11.4. The summed E-state index contributed by atoms with van der Waals surface area (Å²) in [5.74, 6) is -1.17. The van der Waals surface area contributed by atoms with Crippen LogP contribution in [-0.4, -0.2) is 55.9 Å². The number of aliphatic carboxylic acids is 1. The Labute approximate surface area is 228 Å². The summed E-state index contributed by atoms with van der Waals surface area (Å²) in [4.78, 5) is 39.1. The second-order valence-corrected chi connectivity index (χ2v) is 11.8. The molecule has 4 aromatic rings. The van der Waals surface area contributed by atoms with Gasteiger partial charge in [-0.15, -0.1) is 11.3 Å². The van der Waals surface area contributed by atoms with Gasteiger partial charge in [-0.3, -0.25) is 9.59 Å². The van der Waals surface area contributed by atoms with E-state index >= 15 is 4.39 Å². The number of pyridine rings is 2. The standard InChI is InChI=1S/C29H28FN5O3S/c1-16-20-8-11-39-24(20)7-10-35(16)28(36)19-12-22(17-2-3-17)27-31-23(15-34(27)14-19)21-4-5-25(32-26(21)30)33-9-6-18(13-33)29(37)38/h4-5,8,11-12,14-18H,2-3,6-7,9-10,13H2,1H3,(H,37,38)/t16-,18+/m1/s1. The average molecular weight is 546 g/mol. The molecule has 1 saturated carbocycles. The molecule has 0 aromatic carbocycles. The molecule has 10 heteroatoms. The third-order valence-electron chi connectivity index (χ3n) is 8.35. The Morgan fingerprint density at radius 3 is 2.67 bits per heavy atom. The monoisotopic (exact) mass is 545 g/mol. The first-order chi connectivity index (χ1) is 18.9. The fourth-order valence-electron chi connectivity index (χ4n) is 5.98. The van der Waals surface area contributed by atoms with Crippen molar-refractivity contribution in [3.8, 4) is 11.3 Å². The van der Waals surface area contributed by atoms with Crippen molar-refractivity contribution in [3.05, 3.63) is 69.6 Å². The van der Waals surface area contributed by atoms with E-state index in [1.165, 1.54) is 10.4 Å². The molecular weight excluding hydrogens is 517 g/mol. The Hall–Kier alpha value is -3.79. The number of thiophene rings is 1. The molecule has 0 radical (unpaired) electrons. The molecule has 3 aliphatic rings. The normalized spacial score (nSPS) is 21.0. The van der Waals surface area contributed by atoms with E-state index in [1.807, 2.05) is 21.6 Å². The molecule has 1 N–H and O–H groups in total. The van der Waals surface area contributed by atoms with E-state index in [-0.39, 0.29) is 17.5 Å². The number of halogens is 1. The molecule has 2 fully saturated rings. The lowest BCUT2D eigenvalue weighted by Gasteiger charge is -2.33. The zero-order valence-corrected chi connectivity index (χ0v) is 22.3. The molecule has 1 saturated heterocycles. The molecule has 8 nitrogen and oxygen atoms in total. The lowest BCUT2D eigenvalue weighted by atomic mass is 10.00. The largest absolute Gasteiger partial charge is 0.481 e. The molecule has 6 heterocycles. The van der Waals surface area contributed by atoms with E-state index < -0.39 is 17.8 Å². The molecule has 7 rings (SSSR count). The van der Waals surface area contributed by atoms with Crippen LogP contribution in [0.3, 0.4) is 0 Å². The summed E-state index contributed by atoms with van der Waals surface area (Å²) in [7, 11) is 0. The number of carbonyl (C=O) groups excluding carboxylic acids is 1. The number of carbonyl (C=O) groups is 2. The SMILES string of the molecule is C[C@@H]1c2ccsc2CCN1C(=O)c1cc(C2CC2)c2nc(-c3ccc(N4CC[C@H](C(=O)O)C4)nc3F)cn2c1. The minimum atomic E-state index is -0.838. The van der Waals surface area contributed by atoms with Gasteiger partial charge in [0.2, 0.25) is 5.95 Å². The molecule has 1 aliphatic carbocycles. The molecule has 0 spiro atoms. The number of imidazole rings is 1. The van der Waals surface area contributed by atoms with Gasteiger partial charge in [0.05, 0.1) is 28.8 Å². The Morgan fingerprint density at radius 1 is 1.08 bits per heavy atom. The summed E-state index contributed by atoms with van der Waals surface area (Å²) in [6.07, 6.45) is 7.06. The molecule has 0 bridgehead atoms. The third kappa shape index (κ3) is 4.17. The minimum absolute atomic E-state index is 0.000813. The van der Waals surface area contributed by atoms with Crippen molar-refractivity contribution in [3.63, 3.8) is 0 Å². The van der Waals surface area contributed by atoms with Crippen LogP contribution in [0, 0.1) is 11.9 Å². The fourth-order valence-corrected chi connectivity index (χ4v) is 6.94. The van der Waals surface area contributed by atoms with Crippen LogP contribution in [0.25, 0.3) is 16.9 Å². The van der Waals surface area contributed by atoms with Gasteiger partial charge in [0, 0.05) is 36.9 Å². The highest BCUT2D eigenvalue weighted by Gasteiger charge is 2.33. The number of fused-ring (bicyclic) bond motifs is 2. The van der Waals surface area contributed by atoms with Gasteiger partial charge in [-0.1, -0.05) is 0 Å². The van der Waals surface area contributed by atoms with Crippen molar-refractivity contribution in [2.45, 2.75) is 44.6 Å². The molecule has 200 valence electrons. The number of rotatable bonds is 5. The molecule has 4 aromatic heterocycles. The summed E-state index contributed by atoms with van der Waals surface area (Å²) in [5.41, 5.74) is 4.34. The zero-order chi connectivity index (χ0) is 26.8. The first-order valence-corrected chi connectivity index (χ1v) is 14.3. The maximum absolute atomic E-state index is 15.3. The maximum atomic E-state index is 15.3. The van der Waals surface area contributed by atoms with Crippen molar-refractivity contribution in [2.24, 2.45) is 5.92 Å². The molecule has 39 heavy (non-hydrogen) atoms. The average Bonchev–Trinajstić information content (AvgIpc) is 3.31. The molecule has 2 aliphatic heterocycles. The van der Waals surface area contributed by atoms with E-state index in [0.29, 0.717) is 49.0 Å². The van der Waals surface area contributed by atoms with Crippen LogP contribution in [-0.2, 0) is 11.2 Å². The van der Waals surface area contributed by atoms with Gasteiger partial charge in [-0.25, -0.2) is 9.97 Å². The highest BCUT2D eigenvalue weighted by atomic mass is 32.1. The lowest BCUT2D eigenvalue weighted by molar-refractivity contribution is -0.140. The highest BCUT2D eigenvalue weighted by Crippen LogP contribution is 2.43. The molecule has 0 unspecified atom stereocenters. The maximum Gasteiger partial charge on any atom is 0.308 e. The van der Waals surface area contributed by atoms with E-state index in [9.17, 15) is 14.7 Å². The van der Waals surface area contributed by atoms with Crippen LogP contribution in [0.2, 0.25) is 0 Å². The zero-order valence-electron chi connectivity index (χ0n) is 21.5. The summed E-state index contributed by atoms with van der Waals surface area (Å²) in [6.45, 7) is 3.62. The van der Waals surface area contributed by atoms with Crippen molar-refractivity contribution < 1.29 is 19.1 Å². The van der Waals surface area contributed by atoms with Gasteiger partial charge in [0.25, 0.3) is 5.91 Å². The highest BCUT2D eigenvalue weighted by molar-refractivity contribution is 7.10.